The van der Waals surface area contributed by atoms with E-state index in [0.717, 1.165) is 12.0 Å². The molecule has 1 aromatic carbocycles. The van der Waals surface area contributed by atoms with Gasteiger partial charge in [-0.15, -0.1) is 0 Å². The molecular weight excluding hydrogens is 540 g/mol. The van der Waals surface area contributed by atoms with Gasteiger partial charge in [0, 0.05) is 31.6 Å². The highest BCUT2D eigenvalue weighted by Gasteiger charge is 2.42. The maximum absolute atomic E-state index is 13.9. The van der Waals surface area contributed by atoms with E-state index in [1.807, 2.05) is 0 Å². The van der Waals surface area contributed by atoms with Crippen LogP contribution in [0.25, 0.3) is 0 Å². The van der Waals surface area contributed by atoms with E-state index in [2.05, 4.69) is 5.32 Å². The number of hydrogen-bond donors (Lipinski definition) is 1. The zero-order chi connectivity index (χ0) is 31.1. The van der Waals surface area contributed by atoms with Gasteiger partial charge in [0.15, 0.2) is 0 Å². The number of nitrogens with one attached hydrogen (secondary N) is 1. The Labute approximate surface area is 238 Å². The minimum atomic E-state index is -1.31. The summed E-state index contributed by atoms with van der Waals surface area (Å²) in [7, 11) is 1.14. The molecule has 2 atom stereocenters. The summed E-state index contributed by atoms with van der Waals surface area (Å²) in [5.41, 5.74) is -1.31. The summed E-state index contributed by atoms with van der Waals surface area (Å²) in [5.74, 6) is -2.75. The normalized spacial score (nSPS) is 16.5. The van der Waals surface area contributed by atoms with E-state index in [4.69, 9.17) is 14.2 Å². The first-order valence-electron chi connectivity index (χ1n) is 13.0. The van der Waals surface area contributed by atoms with Crippen LogP contribution < -0.4 is 5.32 Å². The van der Waals surface area contributed by atoms with Crippen molar-refractivity contribution >= 4 is 35.5 Å². The first kappa shape index (κ1) is 33.0. The van der Waals surface area contributed by atoms with E-state index in [0.29, 0.717) is 5.56 Å². The highest BCUT2D eigenvalue weighted by Crippen LogP contribution is 2.20. The molecule has 1 N–H and O–H groups in total. The lowest BCUT2D eigenvalue weighted by Crippen LogP contribution is -2.63. The molecule has 0 radical (unpaired) electrons. The smallest absolute Gasteiger partial charge is 0.408 e. The summed E-state index contributed by atoms with van der Waals surface area (Å²) in [5, 5.41) is 13.6. The number of carbonyl (C=O) groups is 5. The monoisotopic (exact) mass is 578 g/mol. The van der Waals surface area contributed by atoms with E-state index in [1.165, 1.54) is 29.2 Å². The highest BCUT2D eigenvalue weighted by molar-refractivity contribution is 5.95. The number of nitro groups is 1. The first-order valence-corrected chi connectivity index (χ1v) is 13.0. The maximum atomic E-state index is 13.9. The number of rotatable bonds is 9. The molecule has 41 heavy (non-hydrogen) atoms. The molecule has 14 heteroatoms. The number of nitrogens with zero attached hydrogens (tertiary/aromatic N) is 3. The molecule has 1 aliphatic rings. The van der Waals surface area contributed by atoms with Crippen molar-refractivity contribution < 1.29 is 43.1 Å². The largest absolute Gasteiger partial charge is 0.469 e. The van der Waals surface area contributed by atoms with Gasteiger partial charge in [0.2, 0.25) is 11.8 Å². The molecule has 1 saturated heterocycles. The van der Waals surface area contributed by atoms with Crippen molar-refractivity contribution in [1.29, 1.82) is 0 Å². The second-order valence-electron chi connectivity index (χ2n) is 11.5. The molecule has 226 valence electrons. The summed E-state index contributed by atoms with van der Waals surface area (Å²) in [4.78, 5) is 77.4. The number of methoxy groups -OCH3 is 1. The molecule has 1 aliphatic heterocycles. The van der Waals surface area contributed by atoms with Crippen molar-refractivity contribution in [2.75, 3.05) is 26.7 Å². The van der Waals surface area contributed by atoms with Crippen LogP contribution in [0, 0.1) is 10.1 Å². The van der Waals surface area contributed by atoms with Crippen molar-refractivity contribution in [1.82, 2.24) is 15.1 Å². The number of hydrogen-bond acceptors (Lipinski definition) is 10. The summed E-state index contributed by atoms with van der Waals surface area (Å²) >= 11 is 0. The predicted octanol–water partition coefficient (Wildman–Crippen LogP) is 1.97. The van der Waals surface area contributed by atoms with E-state index in [1.54, 1.807) is 41.5 Å². The van der Waals surface area contributed by atoms with Gasteiger partial charge in [0.25, 0.3) is 5.69 Å². The quantitative estimate of drug-likeness (QED) is 0.197. The Morgan fingerprint density at radius 3 is 2.10 bits per heavy atom. The number of ether oxygens (including phenoxy) is 3. The molecule has 0 unspecified atom stereocenters. The highest BCUT2D eigenvalue weighted by atomic mass is 16.6. The number of piperazine rings is 1. The molecule has 0 saturated carbocycles. The first-order chi connectivity index (χ1) is 18.9. The van der Waals surface area contributed by atoms with Crippen LogP contribution in [0.2, 0.25) is 0 Å². The minimum Gasteiger partial charge on any atom is -0.469 e. The third-order valence-electron chi connectivity index (χ3n) is 5.77. The second-order valence-corrected chi connectivity index (χ2v) is 11.5. The summed E-state index contributed by atoms with van der Waals surface area (Å²) in [6.07, 6.45) is -1.47. The van der Waals surface area contributed by atoms with Crippen molar-refractivity contribution in [3.8, 4) is 0 Å². The molecule has 3 amide bonds. The zero-order valence-electron chi connectivity index (χ0n) is 24.4. The average molecular weight is 579 g/mol. The fourth-order valence-corrected chi connectivity index (χ4v) is 4.07. The average Bonchev–Trinajstić information content (AvgIpc) is 2.83. The Balaban J connectivity index is 2.36. The van der Waals surface area contributed by atoms with Crippen LogP contribution >= 0.6 is 0 Å². The number of non-ortho nitro benzene ring substituents is 1. The topological polar surface area (TPSA) is 175 Å². The fraction of sp³-hybridized carbons (Fsp3) is 0.593. The van der Waals surface area contributed by atoms with Crippen LogP contribution in [-0.4, -0.2) is 94.6 Å². The van der Waals surface area contributed by atoms with Gasteiger partial charge in [-0.3, -0.25) is 29.3 Å². The molecule has 1 heterocycles. The van der Waals surface area contributed by atoms with Crippen molar-refractivity contribution in [3.05, 3.63) is 39.9 Å². The third kappa shape index (κ3) is 10.4. The molecule has 1 fully saturated rings. The molecule has 1 aromatic rings. The van der Waals surface area contributed by atoms with Gasteiger partial charge in [0.1, 0.15) is 29.8 Å². The number of benzene rings is 1. The SMILES string of the molecule is COC(=O)C[C@H]1C(=O)N(CC(=O)OC(C)(C)C)CCN1C(=O)[C@H](Cc1ccc([N+](=O)[O-])cc1)NC(=O)OC(C)(C)C. The summed E-state index contributed by atoms with van der Waals surface area (Å²) in [6, 6.07) is 2.87. The van der Waals surface area contributed by atoms with Crippen LogP contribution in [-0.2, 0) is 39.8 Å². The van der Waals surface area contributed by atoms with Crippen LogP contribution in [0.5, 0.6) is 0 Å². The number of alkyl carbamates (subject to hydrolysis) is 1. The van der Waals surface area contributed by atoms with Gasteiger partial charge in [-0.2, -0.15) is 0 Å². The number of carbonyl (C=O) groups excluding carboxylic acids is 5. The van der Waals surface area contributed by atoms with Crippen molar-refractivity contribution in [3.63, 3.8) is 0 Å². The van der Waals surface area contributed by atoms with Gasteiger partial charge in [-0.05, 0) is 47.1 Å². The standard InChI is InChI=1S/C27H38N4O10/c1-26(2,3)40-22(33)16-29-12-13-30(20(24(29)35)15-21(32)39-7)23(34)19(28-25(36)41-27(4,5)6)14-17-8-10-18(11-9-17)31(37)38/h8-11,19-20H,12-16H2,1-7H3,(H,28,36)/t19-,20-/m0/s1. The summed E-state index contributed by atoms with van der Waals surface area (Å²) in [6.45, 7) is 9.54. The van der Waals surface area contributed by atoms with Crippen LogP contribution in [0.15, 0.2) is 24.3 Å². The van der Waals surface area contributed by atoms with Gasteiger partial charge >= 0.3 is 18.0 Å². The Morgan fingerprint density at radius 1 is 1.00 bits per heavy atom. The Hall–Kier alpha value is -4.23. The second kappa shape index (κ2) is 13.4. The Morgan fingerprint density at radius 2 is 1.59 bits per heavy atom. The lowest BCUT2D eigenvalue weighted by atomic mass is 10.0. The van der Waals surface area contributed by atoms with Gasteiger partial charge in [-0.1, -0.05) is 12.1 Å². The van der Waals surface area contributed by atoms with Crippen LogP contribution in [0.3, 0.4) is 0 Å². The van der Waals surface area contributed by atoms with Crippen molar-refractivity contribution in [2.45, 2.75) is 77.7 Å². The van der Waals surface area contributed by atoms with E-state index in [9.17, 15) is 34.1 Å². The number of nitro benzene ring substituents is 1. The predicted molar refractivity (Wildman–Crippen MR) is 145 cm³/mol. The number of amides is 3. The molecule has 0 spiro atoms. The Kier molecular flexibility index (Phi) is 10.8. The molecule has 0 aromatic heterocycles. The Bertz CT molecular complexity index is 1150. The summed E-state index contributed by atoms with van der Waals surface area (Å²) < 4.78 is 15.4. The lowest BCUT2D eigenvalue weighted by molar-refractivity contribution is -0.384. The number of esters is 2. The van der Waals surface area contributed by atoms with E-state index < -0.39 is 64.5 Å². The molecule has 14 nitrogen and oxygen atoms in total. The fourth-order valence-electron chi connectivity index (χ4n) is 4.07. The van der Waals surface area contributed by atoms with E-state index in [-0.39, 0.29) is 31.7 Å². The molecular formula is C27H38N4O10. The zero-order valence-corrected chi connectivity index (χ0v) is 24.4. The van der Waals surface area contributed by atoms with Crippen LogP contribution in [0.1, 0.15) is 53.5 Å². The van der Waals surface area contributed by atoms with Gasteiger partial charge in [0.05, 0.1) is 18.5 Å². The maximum Gasteiger partial charge on any atom is 0.408 e. The van der Waals surface area contributed by atoms with Crippen molar-refractivity contribution in [2.24, 2.45) is 0 Å². The lowest BCUT2D eigenvalue weighted by Gasteiger charge is -2.41. The van der Waals surface area contributed by atoms with E-state index >= 15 is 0 Å². The van der Waals surface area contributed by atoms with Gasteiger partial charge < -0.3 is 29.3 Å². The van der Waals surface area contributed by atoms with Crippen LogP contribution in [0.4, 0.5) is 10.5 Å². The third-order valence-corrected chi connectivity index (χ3v) is 5.77. The molecule has 2 rings (SSSR count). The molecule has 0 bridgehead atoms. The minimum absolute atomic E-state index is 0.0296. The molecule has 0 aliphatic carbocycles. The van der Waals surface area contributed by atoms with Gasteiger partial charge in [-0.25, -0.2) is 4.79 Å².